The summed E-state index contributed by atoms with van der Waals surface area (Å²) in [4.78, 5) is 22.9. The monoisotopic (exact) mass is 580 g/mol. The molecule has 0 saturated carbocycles. The zero-order valence-electron chi connectivity index (χ0n) is 22.9. The Morgan fingerprint density at radius 3 is 2.38 bits per heavy atom. The molecular formula is C27H41ClN6O6. The van der Waals surface area contributed by atoms with Gasteiger partial charge in [0.1, 0.15) is 12.4 Å². The Morgan fingerprint density at radius 2 is 1.68 bits per heavy atom. The minimum Gasteiger partial charge on any atom is -0.491 e. The number of ether oxygens (including phenoxy) is 4. The van der Waals surface area contributed by atoms with Crippen molar-refractivity contribution in [2.24, 2.45) is 0 Å². The first kappa shape index (κ1) is 31.8. The van der Waals surface area contributed by atoms with Crippen LogP contribution in [0.15, 0.2) is 24.3 Å². The lowest BCUT2D eigenvalue weighted by atomic mass is 10.0. The number of nitrogens with two attached hydrogens (primary N) is 2. The maximum atomic E-state index is 12.7. The quantitative estimate of drug-likeness (QED) is 0.189. The molecule has 0 aliphatic carbocycles. The van der Waals surface area contributed by atoms with Crippen molar-refractivity contribution in [2.45, 2.75) is 31.7 Å². The number of nitrogen functional groups attached to an aromatic ring is 2. The predicted molar refractivity (Wildman–Crippen MR) is 153 cm³/mol. The molecule has 0 bridgehead atoms. The summed E-state index contributed by atoms with van der Waals surface area (Å²) in [6.07, 6.45) is 3.85. The number of aliphatic hydroxyl groups is 1. The summed E-state index contributed by atoms with van der Waals surface area (Å²) in [7, 11) is 0. The lowest BCUT2D eigenvalue weighted by molar-refractivity contribution is 0.00361. The standard InChI is InChI=1S/C27H41ClN6O6/c28-24-26(30)33-25(29)23(32-24)27(36)31-21-4-2-10-34(19-21)9-1-3-20-5-7-22(8-6-20)40-18-17-39-16-15-38-14-13-37-12-11-35/h5-8,21,35H,1-4,9-19H2,(H,31,36)(H4,29,30,33). The SMILES string of the molecule is Nc1nc(N)c(C(=O)NC2CCCN(CCCc3ccc(OCCOCCOCCOCCO)cc3)C2)nc1Cl. The number of amides is 1. The van der Waals surface area contributed by atoms with E-state index in [1.165, 1.54) is 5.56 Å². The Hall–Kier alpha value is -2.74. The summed E-state index contributed by atoms with van der Waals surface area (Å²) < 4.78 is 21.7. The van der Waals surface area contributed by atoms with Crippen LogP contribution in [-0.4, -0.2) is 104 Å². The highest BCUT2D eigenvalue weighted by atomic mass is 35.5. The average molecular weight is 581 g/mol. The van der Waals surface area contributed by atoms with E-state index in [1.54, 1.807) is 0 Å². The number of hydrogen-bond acceptors (Lipinski definition) is 11. The molecule has 2 heterocycles. The molecule has 3 rings (SSSR count). The van der Waals surface area contributed by atoms with Crippen molar-refractivity contribution in [3.63, 3.8) is 0 Å². The fourth-order valence-corrected chi connectivity index (χ4v) is 4.45. The van der Waals surface area contributed by atoms with Gasteiger partial charge in [0.25, 0.3) is 5.91 Å². The maximum absolute atomic E-state index is 12.7. The molecule has 1 saturated heterocycles. The number of rotatable bonds is 18. The largest absolute Gasteiger partial charge is 0.491 e. The van der Waals surface area contributed by atoms with Gasteiger partial charge in [-0.05, 0) is 56.5 Å². The second-order valence-electron chi connectivity index (χ2n) is 9.40. The third-order valence-corrected chi connectivity index (χ3v) is 6.58. The van der Waals surface area contributed by atoms with E-state index in [0.717, 1.165) is 51.1 Å². The number of halogens is 1. The number of aliphatic hydroxyl groups excluding tert-OH is 1. The van der Waals surface area contributed by atoms with E-state index in [4.69, 9.17) is 47.1 Å². The number of benzene rings is 1. The Kier molecular flexibility index (Phi) is 14.2. The van der Waals surface area contributed by atoms with Crippen LogP contribution in [0.2, 0.25) is 5.15 Å². The van der Waals surface area contributed by atoms with E-state index in [1.807, 2.05) is 12.1 Å². The fourth-order valence-electron chi connectivity index (χ4n) is 4.32. The van der Waals surface area contributed by atoms with E-state index in [9.17, 15) is 4.79 Å². The van der Waals surface area contributed by atoms with Gasteiger partial charge >= 0.3 is 0 Å². The molecule has 2 aromatic rings. The highest BCUT2D eigenvalue weighted by Gasteiger charge is 2.24. The number of aryl methyl sites for hydroxylation is 1. The number of piperidine rings is 1. The highest BCUT2D eigenvalue weighted by molar-refractivity contribution is 6.31. The van der Waals surface area contributed by atoms with Crippen LogP contribution in [0.3, 0.4) is 0 Å². The lowest BCUT2D eigenvalue weighted by Crippen LogP contribution is -2.48. The Bertz CT molecular complexity index is 1030. The smallest absolute Gasteiger partial charge is 0.274 e. The maximum Gasteiger partial charge on any atom is 0.274 e. The van der Waals surface area contributed by atoms with Gasteiger partial charge in [-0.1, -0.05) is 23.7 Å². The molecule has 1 unspecified atom stereocenters. The van der Waals surface area contributed by atoms with Crippen molar-refractivity contribution in [2.75, 3.05) is 84.0 Å². The number of carbonyl (C=O) groups is 1. The average Bonchev–Trinajstić information content (AvgIpc) is 2.94. The molecule has 1 amide bonds. The summed E-state index contributed by atoms with van der Waals surface area (Å²) in [5.41, 5.74) is 12.7. The molecule has 0 spiro atoms. The van der Waals surface area contributed by atoms with Crippen molar-refractivity contribution in [3.05, 3.63) is 40.7 Å². The zero-order valence-corrected chi connectivity index (χ0v) is 23.6. The molecule has 1 atom stereocenters. The highest BCUT2D eigenvalue weighted by Crippen LogP contribution is 2.19. The summed E-state index contributed by atoms with van der Waals surface area (Å²) in [6, 6.07) is 8.14. The number of nitrogens with zero attached hydrogens (tertiary/aromatic N) is 3. The van der Waals surface area contributed by atoms with Crippen LogP contribution < -0.4 is 21.5 Å². The van der Waals surface area contributed by atoms with Crippen molar-refractivity contribution in [1.82, 2.24) is 20.2 Å². The van der Waals surface area contributed by atoms with E-state index < -0.39 is 5.91 Å². The normalized spacial score (nSPS) is 15.7. The van der Waals surface area contributed by atoms with E-state index >= 15 is 0 Å². The minimum atomic E-state index is -0.390. The van der Waals surface area contributed by atoms with Gasteiger partial charge < -0.3 is 45.7 Å². The number of anilines is 2. The molecule has 1 aromatic heterocycles. The molecule has 1 aromatic carbocycles. The number of hydrogen-bond donors (Lipinski definition) is 4. The van der Waals surface area contributed by atoms with Crippen LogP contribution in [0.4, 0.5) is 11.6 Å². The number of carbonyl (C=O) groups excluding carboxylic acids is 1. The van der Waals surface area contributed by atoms with E-state index in [2.05, 4.69) is 32.3 Å². The molecule has 12 nitrogen and oxygen atoms in total. The molecule has 0 radical (unpaired) electrons. The van der Waals surface area contributed by atoms with Crippen molar-refractivity contribution >= 4 is 29.1 Å². The van der Waals surface area contributed by atoms with Gasteiger partial charge in [-0.2, -0.15) is 0 Å². The van der Waals surface area contributed by atoms with Gasteiger partial charge in [0.05, 0.1) is 46.2 Å². The van der Waals surface area contributed by atoms with Crippen LogP contribution in [-0.2, 0) is 20.6 Å². The van der Waals surface area contributed by atoms with Gasteiger partial charge in [0, 0.05) is 12.6 Å². The summed E-state index contributed by atoms with van der Waals surface area (Å²) in [5, 5.41) is 11.6. The minimum absolute atomic E-state index is 0.00102. The molecule has 13 heteroatoms. The van der Waals surface area contributed by atoms with Gasteiger partial charge in [-0.3, -0.25) is 4.79 Å². The Balaban J connectivity index is 1.27. The topological polar surface area (TPSA) is 167 Å². The third kappa shape index (κ3) is 11.4. The van der Waals surface area contributed by atoms with Gasteiger partial charge in [0.2, 0.25) is 0 Å². The third-order valence-electron chi connectivity index (χ3n) is 6.30. The molecule has 222 valence electrons. The first-order valence-electron chi connectivity index (χ1n) is 13.6. The summed E-state index contributed by atoms with van der Waals surface area (Å²) >= 11 is 5.91. The van der Waals surface area contributed by atoms with E-state index in [0.29, 0.717) is 46.2 Å². The number of nitrogens with one attached hydrogen (secondary N) is 1. The Morgan fingerprint density at radius 1 is 1.00 bits per heavy atom. The summed E-state index contributed by atoms with van der Waals surface area (Å²) in [5.74, 6) is 0.393. The number of likely N-dealkylation sites (tertiary alicyclic amines) is 1. The molecule has 1 aliphatic rings. The second-order valence-corrected chi connectivity index (χ2v) is 9.76. The molecule has 40 heavy (non-hydrogen) atoms. The molecule has 6 N–H and O–H groups in total. The van der Waals surface area contributed by atoms with Crippen molar-refractivity contribution in [3.8, 4) is 5.75 Å². The van der Waals surface area contributed by atoms with Gasteiger partial charge in [-0.15, -0.1) is 0 Å². The Labute approximate surface area is 240 Å². The van der Waals surface area contributed by atoms with Crippen LogP contribution in [0.25, 0.3) is 0 Å². The first-order valence-corrected chi connectivity index (χ1v) is 14.0. The molecule has 1 fully saturated rings. The second kappa shape index (κ2) is 17.8. The summed E-state index contributed by atoms with van der Waals surface area (Å²) in [6.45, 7) is 5.95. The van der Waals surface area contributed by atoms with Crippen LogP contribution >= 0.6 is 11.6 Å². The van der Waals surface area contributed by atoms with Crippen LogP contribution in [0.5, 0.6) is 5.75 Å². The molecule has 1 aliphatic heterocycles. The van der Waals surface area contributed by atoms with Gasteiger partial charge in [-0.25, -0.2) is 9.97 Å². The lowest BCUT2D eigenvalue weighted by Gasteiger charge is -2.33. The zero-order chi connectivity index (χ0) is 28.6. The fraction of sp³-hybridized carbons (Fsp3) is 0.593. The van der Waals surface area contributed by atoms with Crippen molar-refractivity contribution in [1.29, 1.82) is 0 Å². The molecular weight excluding hydrogens is 540 g/mol. The first-order chi connectivity index (χ1) is 19.5. The van der Waals surface area contributed by atoms with Gasteiger partial charge in [0.15, 0.2) is 22.5 Å². The predicted octanol–water partition coefficient (Wildman–Crippen LogP) is 1.54. The number of aromatic nitrogens is 2. The van der Waals surface area contributed by atoms with Crippen LogP contribution in [0, 0.1) is 0 Å². The van der Waals surface area contributed by atoms with Crippen LogP contribution in [0.1, 0.15) is 35.3 Å². The van der Waals surface area contributed by atoms with Crippen molar-refractivity contribution < 1.29 is 28.8 Å². The van der Waals surface area contributed by atoms with E-state index in [-0.39, 0.29) is 35.1 Å².